The quantitative estimate of drug-likeness (QED) is 0.804. The molecule has 0 saturated heterocycles. The van der Waals surface area contributed by atoms with Crippen molar-refractivity contribution in [1.82, 2.24) is 0 Å². The summed E-state index contributed by atoms with van der Waals surface area (Å²) in [5, 5.41) is 1.71. The van der Waals surface area contributed by atoms with E-state index in [-0.39, 0.29) is 0 Å². The largest absolute Gasteiger partial charge is 0.458 e. The molecule has 0 unspecified atom stereocenters. The Morgan fingerprint density at radius 1 is 1.40 bits per heavy atom. The van der Waals surface area contributed by atoms with Crippen molar-refractivity contribution in [2.75, 3.05) is 5.73 Å². The summed E-state index contributed by atoms with van der Waals surface area (Å²) in [6.45, 7) is 4.36. The molecule has 2 rings (SSSR count). The Morgan fingerprint density at radius 2 is 2.20 bits per heavy atom. The van der Waals surface area contributed by atoms with E-state index in [0.717, 1.165) is 22.5 Å². The van der Waals surface area contributed by atoms with Crippen LogP contribution >= 0.6 is 11.8 Å². The van der Waals surface area contributed by atoms with E-state index in [1.54, 1.807) is 0 Å². The summed E-state index contributed by atoms with van der Waals surface area (Å²) < 4.78 is 5.70. The Hall–Kier alpha value is -1.09. The number of benzene rings is 1. The summed E-state index contributed by atoms with van der Waals surface area (Å²) in [5.41, 5.74) is 7.36. The van der Waals surface area contributed by atoms with Gasteiger partial charge in [-0.05, 0) is 17.4 Å². The fourth-order valence-electron chi connectivity index (χ4n) is 1.46. The number of thioether (sulfide) groups is 1. The standard InChI is InChI=1S/C12H15NOS/c1-8(2)15-7-10-6-9-4-3-5-11(13)12(9)14-10/h3-6,8H,7,13H2,1-2H3. The van der Waals surface area contributed by atoms with Crippen molar-refractivity contribution in [2.24, 2.45) is 0 Å². The topological polar surface area (TPSA) is 39.2 Å². The van der Waals surface area contributed by atoms with Gasteiger partial charge in [0.2, 0.25) is 0 Å². The highest BCUT2D eigenvalue weighted by Gasteiger charge is 2.06. The zero-order valence-corrected chi connectivity index (χ0v) is 9.80. The molecule has 1 aromatic carbocycles. The molecule has 0 fully saturated rings. The van der Waals surface area contributed by atoms with Gasteiger partial charge in [0.05, 0.1) is 11.4 Å². The molecule has 2 N–H and O–H groups in total. The molecule has 3 heteroatoms. The van der Waals surface area contributed by atoms with Gasteiger partial charge >= 0.3 is 0 Å². The second-order valence-corrected chi connectivity index (χ2v) is 5.40. The SMILES string of the molecule is CC(C)SCc1cc2cccc(N)c2o1. The first-order valence-corrected chi connectivity index (χ1v) is 6.10. The van der Waals surface area contributed by atoms with Crippen LogP contribution in [0, 0.1) is 0 Å². The lowest BCUT2D eigenvalue weighted by molar-refractivity contribution is 0.575. The van der Waals surface area contributed by atoms with Gasteiger partial charge < -0.3 is 10.2 Å². The average molecular weight is 221 g/mol. The van der Waals surface area contributed by atoms with Gasteiger partial charge in [0.15, 0.2) is 5.58 Å². The number of anilines is 1. The average Bonchev–Trinajstić information content (AvgIpc) is 2.59. The molecule has 15 heavy (non-hydrogen) atoms. The van der Waals surface area contributed by atoms with Crippen molar-refractivity contribution in [3.05, 3.63) is 30.0 Å². The molecule has 0 amide bonds. The van der Waals surface area contributed by atoms with Gasteiger partial charge in [-0.25, -0.2) is 0 Å². The van der Waals surface area contributed by atoms with Crippen LogP contribution in [0.4, 0.5) is 5.69 Å². The molecule has 0 atom stereocenters. The molecule has 2 nitrogen and oxygen atoms in total. The summed E-state index contributed by atoms with van der Waals surface area (Å²) >= 11 is 1.87. The van der Waals surface area contributed by atoms with Gasteiger partial charge in [-0.2, -0.15) is 11.8 Å². The van der Waals surface area contributed by atoms with E-state index in [0.29, 0.717) is 10.9 Å². The smallest absolute Gasteiger partial charge is 0.157 e. The second-order valence-electron chi connectivity index (χ2n) is 3.84. The van der Waals surface area contributed by atoms with E-state index in [4.69, 9.17) is 10.2 Å². The third-order valence-corrected chi connectivity index (χ3v) is 3.30. The minimum Gasteiger partial charge on any atom is -0.458 e. The summed E-state index contributed by atoms with van der Waals surface area (Å²) in [7, 11) is 0. The van der Waals surface area contributed by atoms with E-state index in [9.17, 15) is 0 Å². The van der Waals surface area contributed by atoms with Crippen LogP contribution < -0.4 is 5.73 Å². The normalized spacial score (nSPS) is 11.4. The molecule has 0 spiro atoms. The van der Waals surface area contributed by atoms with Gasteiger partial charge in [0.1, 0.15) is 5.76 Å². The predicted octanol–water partition coefficient (Wildman–Crippen LogP) is 3.66. The molecule has 0 aliphatic heterocycles. The van der Waals surface area contributed by atoms with E-state index in [1.807, 2.05) is 30.0 Å². The Balaban J connectivity index is 2.27. The van der Waals surface area contributed by atoms with Gasteiger partial charge in [-0.15, -0.1) is 0 Å². The molecule has 0 saturated carbocycles. The van der Waals surface area contributed by atoms with Crippen molar-refractivity contribution in [3.8, 4) is 0 Å². The van der Waals surface area contributed by atoms with Crippen LogP contribution in [-0.4, -0.2) is 5.25 Å². The van der Waals surface area contributed by atoms with Gasteiger partial charge in [0.25, 0.3) is 0 Å². The maximum absolute atomic E-state index is 5.82. The molecular weight excluding hydrogens is 206 g/mol. The summed E-state index contributed by atoms with van der Waals surface area (Å²) in [5.74, 6) is 1.91. The van der Waals surface area contributed by atoms with Crippen LogP contribution in [0.15, 0.2) is 28.7 Å². The van der Waals surface area contributed by atoms with Crippen molar-refractivity contribution >= 4 is 28.4 Å². The van der Waals surface area contributed by atoms with Crippen LogP contribution in [0.3, 0.4) is 0 Å². The molecule has 80 valence electrons. The van der Waals surface area contributed by atoms with Crippen LogP contribution in [0.1, 0.15) is 19.6 Å². The van der Waals surface area contributed by atoms with Crippen molar-refractivity contribution in [3.63, 3.8) is 0 Å². The van der Waals surface area contributed by atoms with E-state index >= 15 is 0 Å². The molecule has 0 radical (unpaired) electrons. The number of rotatable bonds is 3. The molecule has 2 aromatic rings. The minimum absolute atomic E-state index is 0.621. The van der Waals surface area contributed by atoms with Gasteiger partial charge in [-0.3, -0.25) is 0 Å². The summed E-state index contributed by atoms with van der Waals surface area (Å²) in [4.78, 5) is 0. The van der Waals surface area contributed by atoms with Gasteiger partial charge in [-0.1, -0.05) is 26.0 Å². The Labute approximate surface area is 93.8 Å². The van der Waals surface area contributed by atoms with E-state index < -0.39 is 0 Å². The zero-order chi connectivity index (χ0) is 10.8. The summed E-state index contributed by atoms with van der Waals surface area (Å²) in [6.07, 6.45) is 0. The number of nitrogens with two attached hydrogens (primary N) is 1. The van der Waals surface area contributed by atoms with E-state index in [2.05, 4.69) is 19.9 Å². The van der Waals surface area contributed by atoms with Crippen molar-refractivity contribution in [2.45, 2.75) is 24.9 Å². The Morgan fingerprint density at radius 3 is 2.87 bits per heavy atom. The zero-order valence-electron chi connectivity index (χ0n) is 8.99. The first-order valence-electron chi connectivity index (χ1n) is 5.05. The highest BCUT2D eigenvalue weighted by molar-refractivity contribution is 7.99. The predicted molar refractivity (Wildman–Crippen MR) is 67.1 cm³/mol. The van der Waals surface area contributed by atoms with Crippen molar-refractivity contribution < 1.29 is 4.42 Å². The number of fused-ring (bicyclic) bond motifs is 1. The highest BCUT2D eigenvalue weighted by Crippen LogP contribution is 2.27. The number of para-hydroxylation sites is 1. The monoisotopic (exact) mass is 221 g/mol. The fraction of sp³-hybridized carbons (Fsp3) is 0.333. The van der Waals surface area contributed by atoms with Crippen LogP contribution in [0.5, 0.6) is 0 Å². The highest BCUT2D eigenvalue weighted by atomic mass is 32.2. The lowest BCUT2D eigenvalue weighted by Crippen LogP contribution is -1.86. The maximum atomic E-state index is 5.82. The molecule has 0 aliphatic carbocycles. The molecule has 0 bridgehead atoms. The Kier molecular flexibility index (Phi) is 2.91. The maximum Gasteiger partial charge on any atom is 0.157 e. The first kappa shape index (κ1) is 10.4. The third kappa shape index (κ3) is 2.29. The van der Waals surface area contributed by atoms with E-state index in [1.165, 1.54) is 0 Å². The molecule has 1 heterocycles. The third-order valence-electron chi connectivity index (χ3n) is 2.18. The summed E-state index contributed by atoms with van der Waals surface area (Å²) in [6, 6.07) is 7.91. The lowest BCUT2D eigenvalue weighted by atomic mass is 10.2. The first-order chi connectivity index (χ1) is 7.16. The number of furan rings is 1. The van der Waals surface area contributed by atoms with Crippen LogP contribution in [-0.2, 0) is 5.75 Å². The Bertz CT molecular complexity index is 462. The van der Waals surface area contributed by atoms with Crippen LogP contribution in [0.25, 0.3) is 11.0 Å². The number of hydrogen-bond acceptors (Lipinski definition) is 3. The van der Waals surface area contributed by atoms with Gasteiger partial charge in [0, 0.05) is 5.39 Å². The minimum atomic E-state index is 0.621. The lowest BCUT2D eigenvalue weighted by Gasteiger charge is -2.00. The van der Waals surface area contributed by atoms with Crippen LogP contribution in [0.2, 0.25) is 0 Å². The number of nitrogen functional groups attached to an aromatic ring is 1. The number of hydrogen-bond donors (Lipinski definition) is 1. The molecular formula is C12H15NOS. The molecule has 0 aliphatic rings. The second kappa shape index (κ2) is 4.19. The van der Waals surface area contributed by atoms with Crippen molar-refractivity contribution in [1.29, 1.82) is 0 Å². The fourth-order valence-corrected chi connectivity index (χ4v) is 2.10. The molecule has 1 aromatic heterocycles.